The molecule has 0 N–H and O–H groups in total. The lowest BCUT2D eigenvalue weighted by Gasteiger charge is -2.42. The maximum atomic E-state index is 13.0. The number of amides is 1. The number of ketones is 2. The summed E-state index contributed by atoms with van der Waals surface area (Å²) in [7, 11) is 2.24. The number of likely N-dealkylation sites (N-methyl/N-ethyl adjacent to an activating group) is 1. The highest BCUT2D eigenvalue weighted by Gasteiger charge is 2.39. The van der Waals surface area contributed by atoms with Gasteiger partial charge >= 0.3 is 0 Å². The molecule has 3 heterocycles. The van der Waals surface area contributed by atoms with E-state index in [1.165, 1.54) is 102 Å². The molecule has 0 aromatic heterocycles. The van der Waals surface area contributed by atoms with Crippen LogP contribution in [0.5, 0.6) is 0 Å². The standard InChI is InChI=1S/C32H48N4O3S/c1-33-18-20-35(21-19-33)25-13-16-34(17-14-25)15-6-4-2-3-5-7-22-40-31-10-8-9-27-28(31)24-36(32(27)39)29-12-11-26(37)23-30(29)38/h8-10,25,29H,2-7,11-24H2,1H3. The second kappa shape index (κ2) is 14.4. The molecule has 3 fully saturated rings. The van der Waals surface area contributed by atoms with Gasteiger partial charge in [-0.05, 0) is 82.2 Å². The molecule has 1 aliphatic carbocycles. The van der Waals surface area contributed by atoms with Crippen molar-refractivity contribution < 1.29 is 14.4 Å². The van der Waals surface area contributed by atoms with Gasteiger partial charge in [-0.1, -0.05) is 31.7 Å². The fourth-order valence-corrected chi connectivity index (χ4v) is 8.02. The van der Waals surface area contributed by atoms with Crippen molar-refractivity contribution in [3.05, 3.63) is 29.3 Å². The molecule has 7 nitrogen and oxygen atoms in total. The van der Waals surface area contributed by atoms with E-state index in [0.29, 0.717) is 19.4 Å². The van der Waals surface area contributed by atoms with Crippen LogP contribution in [0.25, 0.3) is 0 Å². The quantitative estimate of drug-likeness (QED) is 0.209. The number of rotatable bonds is 12. The number of nitrogens with zero attached hydrogens (tertiary/aromatic N) is 4. The number of piperidine rings is 1. The van der Waals surface area contributed by atoms with Crippen LogP contribution in [0, 0.1) is 0 Å². The molecule has 5 rings (SSSR count). The molecule has 220 valence electrons. The van der Waals surface area contributed by atoms with Crippen LogP contribution in [0.15, 0.2) is 23.1 Å². The lowest BCUT2D eigenvalue weighted by molar-refractivity contribution is -0.133. The second-order valence-corrected chi connectivity index (χ2v) is 13.5. The van der Waals surface area contributed by atoms with E-state index >= 15 is 0 Å². The summed E-state index contributed by atoms with van der Waals surface area (Å²) in [6, 6.07) is 6.33. The molecule has 1 unspecified atom stereocenters. The van der Waals surface area contributed by atoms with E-state index < -0.39 is 6.04 Å². The topological polar surface area (TPSA) is 64.2 Å². The minimum absolute atomic E-state index is 0.00137. The van der Waals surface area contributed by atoms with E-state index in [9.17, 15) is 14.4 Å². The van der Waals surface area contributed by atoms with Crippen molar-refractivity contribution in [3.63, 3.8) is 0 Å². The summed E-state index contributed by atoms with van der Waals surface area (Å²) in [6.07, 6.45) is 11.3. The van der Waals surface area contributed by atoms with E-state index in [-0.39, 0.29) is 23.9 Å². The van der Waals surface area contributed by atoms with Gasteiger partial charge in [-0.2, -0.15) is 0 Å². The summed E-state index contributed by atoms with van der Waals surface area (Å²) < 4.78 is 0. The van der Waals surface area contributed by atoms with Crippen molar-refractivity contribution in [3.8, 4) is 0 Å². The van der Waals surface area contributed by atoms with Gasteiger partial charge in [0, 0.05) is 55.6 Å². The smallest absolute Gasteiger partial charge is 0.255 e. The molecule has 1 saturated carbocycles. The van der Waals surface area contributed by atoms with Gasteiger partial charge in [-0.15, -0.1) is 11.8 Å². The largest absolute Gasteiger partial charge is 0.324 e. The van der Waals surface area contributed by atoms with E-state index in [4.69, 9.17) is 0 Å². The average molecular weight is 569 g/mol. The minimum atomic E-state index is -0.440. The Bertz CT molecular complexity index is 1030. The Morgan fingerprint density at radius 1 is 0.850 bits per heavy atom. The molecule has 1 aromatic carbocycles. The van der Waals surface area contributed by atoms with Gasteiger partial charge in [-0.3, -0.25) is 19.3 Å². The number of benzene rings is 1. The predicted octanol–water partition coefficient (Wildman–Crippen LogP) is 4.48. The van der Waals surface area contributed by atoms with Crippen LogP contribution in [0.1, 0.15) is 86.6 Å². The van der Waals surface area contributed by atoms with Gasteiger partial charge in [0.15, 0.2) is 5.78 Å². The van der Waals surface area contributed by atoms with E-state index in [1.54, 1.807) is 4.90 Å². The average Bonchev–Trinajstić information content (AvgIpc) is 3.29. The van der Waals surface area contributed by atoms with Gasteiger partial charge < -0.3 is 14.7 Å². The number of carbonyl (C=O) groups excluding carboxylic acids is 3. The number of unbranched alkanes of at least 4 members (excludes halogenated alkanes) is 5. The Labute approximate surface area is 245 Å². The maximum Gasteiger partial charge on any atom is 0.255 e. The van der Waals surface area contributed by atoms with Crippen LogP contribution < -0.4 is 0 Å². The van der Waals surface area contributed by atoms with Gasteiger partial charge in [0.05, 0.1) is 12.5 Å². The van der Waals surface area contributed by atoms with Crippen LogP contribution in [0.3, 0.4) is 0 Å². The van der Waals surface area contributed by atoms with Crippen molar-refractivity contribution in [1.29, 1.82) is 0 Å². The Morgan fingerprint density at radius 3 is 2.33 bits per heavy atom. The van der Waals surface area contributed by atoms with Crippen LogP contribution >= 0.6 is 11.8 Å². The molecule has 1 atom stereocenters. The van der Waals surface area contributed by atoms with E-state index in [0.717, 1.165) is 22.9 Å². The van der Waals surface area contributed by atoms with Crippen molar-refractivity contribution in [2.75, 3.05) is 58.6 Å². The van der Waals surface area contributed by atoms with Crippen LogP contribution in [-0.4, -0.2) is 108 Å². The highest BCUT2D eigenvalue weighted by molar-refractivity contribution is 7.99. The first kappa shape index (κ1) is 29.7. The van der Waals surface area contributed by atoms with Gasteiger partial charge in [0.2, 0.25) is 0 Å². The molecule has 8 heteroatoms. The highest BCUT2D eigenvalue weighted by atomic mass is 32.2. The minimum Gasteiger partial charge on any atom is -0.324 e. The number of hydrogen-bond donors (Lipinski definition) is 0. The number of thioether (sulfide) groups is 1. The Kier molecular flexibility index (Phi) is 10.7. The molecule has 0 radical (unpaired) electrons. The molecule has 0 bridgehead atoms. The first-order valence-electron chi connectivity index (χ1n) is 15.7. The van der Waals surface area contributed by atoms with Gasteiger partial charge in [0.25, 0.3) is 5.91 Å². The van der Waals surface area contributed by atoms with Crippen LogP contribution in [0.4, 0.5) is 0 Å². The summed E-state index contributed by atoms with van der Waals surface area (Å²) in [5, 5.41) is 0. The second-order valence-electron chi connectivity index (χ2n) is 12.3. The fraction of sp³-hybridized carbons (Fsp3) is 0.719. The first-order valence-corrected chi connectivity index (χ1v) is 16.7. The molecular weight excluding hydrogens is 520 g/mol. The number of hydrogen-bond acceptors (Lipinski definition) is 7. The molecular formula is C32H48N4O3S. The molecule has 1 amide bonds. The summed E-state index contributed by atoms with van der Waals surface area (Å²) in [4.78, 5) is 47.9. The molecule has 2 saturated heterocycles. The predicted molar refractivity (Wildman–Crippen MR) is 161 cm³/mol. The lowest BCUT2D eigenvalue weighted by Crippen LogP contribution is -2.52. The molecule has 0 spiro atoms. The van der Waals surface area contributed by atoms with Gasteiger partial charge in [-0.25, -0.2) is 0 Å². The molecule has 1 aromatic rings. The van der Waals surface area contributed by atoms with Crippen molar-refractivity contribution in [1.82, 2.24) is 19.6 Å². The maximum absolute atomic E-state index is 13.0. The number of piperazine rings is 1. The monoisotopic (exact) mass is 568 g/mol. The number of Topliss-reactive ketones (excluding diaryl/α,β-unsaturated/α-hetero) is 2. The summed E-state index contributed by atoms with van der Waals surface area (Å²) in [6.45, 7) is 9.26. The molecule has 4 aliphatic rings. The van der Waals surface area contributed by atoms with Crippen molar-refractivity contribution in [2.24, 2.45) is 0 Å². The normalized spacial score (nSPS) is 23.8. The molecule has 40 heavy (non-hydrogen) atoms. The van der Waals surface area contributed by atoms with Crippen molar-refractivity contribution >= 4 is 29.2 Å². The Morgan fingerprint density at radius 2 is 1.57 bits per heavy atom. The third-order valence-electron chi connectivity index (χ3n) is 9.51. The van der Waals surface area contributed by atoms with Gasteiger partial charge in [0.1, 0.15) is 5.78 Å². The first-order chi connectivity index (χ1) is 19.5. The zero-order chi connectivity index (χ0) is 27.9. The van der Waals surface area contributed by atoms with Crippen LogP contribution in [0.2, 0.25) is 0 Å². The zero-order valence-electron chi connectivity index (χ0n) is 24.5. The SMILES string of the molecule is CN1CCN(C2CCN(CCCCCCCCSc3cccc4c3CN(C3CCC(=O)CC3=O)C4=O)CC2)CC1. The third kappa shape index (κ3) is 7.55. The summed E-state index contributed by atoms with van der Waals surface area (Å²) >= 11 is 1.84. The Hall–Kier alpha value is -1.74. The fourth-order valence-electron chi connectivity index (χ4n) is 6.92. The van der Waals surface area contributed by atoms with Crippen molar-refractivity contribution in [2.45, 2.75) is 94.2 Å². The lowest BCUT2D eigenvalue weighted by atomic mass is 9.92. The summed E-state index contributed by atoms with van der Waals surface area (Å²) in [5.74, 6) is 0.907. The zero-order valence-corrected chi connectivity index (χ0v) is 25.3. The van der Waals surface area contributed by atoms with Crippen LogP contribution in [-0.2, 0) is 16.1 Å². The Balaban J connectivity index is 0.928. The third-order valence-corrected chi connectivity index (χ3v) is 10.7. The number of carbonyl (C=O) groups is 3. The van der Waals surface area contributed by atoms with E-state index in [2.05, 4.69) is 27.8 Å². The number of likely N-dealkylation sites (tertiary alicyclic amines) is 1. The highest BCUT2D eigenvalue weighted by Crippen LogP contribution is 2.35. The van der Waals surface area contributed by atoms with E-state index in [1.807, 2.05) is 23.9 Å². The number of fused-ring (bicyclic) bond motifs is 1. The molecule has 3 aliphatic heterocycles. The summed E-state index contributed by atoms with van der Waals surface area (Å²) in [5.41, 5.74) is 1.80.